The number of amides is 1. The Morgan fingerprint density at radius 3 is 2.36 bits per heavy atom. The summed E-state index contributed by atoms with van der Waals surface area (Å²) < 4.78 is 14.1. The summed E-state index contributed by atoms with van der Waals surface area (Å²) in [5.74, 6) is 0.988. The van der Waals surface area contributed by atoms with Gasteiger partial charge in [0.05, 0.1) is 32.5 Å². The van der Waals surface area contributed by atoms with Crippen molar-refractivity contribution in [1.29, 1.82) is 0 Å². The van der Waals surface area contributed by atoms with E-state index in [2.05, 4.69) is 5.10 Å². The Labute approximate surface area is 161 Å². The predicted molar refractivity (Wildman–Crippen MR) is 104 cm³/mol. The topological polar surface area (TPSA) is 98.8 Å². The van der Waals surface area contributed by atoms with Gasteiger partial charge in [0.2, 0.25) is 0 Å². The fraction of sp³-hybridized carbons (Fsp3) is 0.316. The van der Waals surface area contributed by atoms with E-state index in [-0.39, 0.29) is 12.1 Å². The average molecular weight is 386 g/mol. The van der Waals surface area contributed by atoms with Crippen molar-refractivity contribution in [3.63, 3.8) is 0 Å². The van der Waals surface area contributed by atoms with Crippen LogP contribution in [0.1, 0.15) is 5.56 Å². The van der Waals surface area contributed by atoms with Crippen LogP contribution < -0.4 is 15.0 Å². The Morgan fingerprint density at radius 2 is 1.82 bits per heavy atom. The smallest absolute Gasteiger partial charge is 0.407 e. The van der Waals surface area contributed by atoms with E-state index in [0.717, 1.165) is 16.0 Å². The minimum absolute atomic E-state index is 0.109. The maximum Gasteiger partial charge on any atom is 0.407 e. The zero-order chi connectivity index (χ0) is 20.6. The molecule has 0 fully saturated rings. The minimum atomic E-state index is -1.05. The standard InChI is InChI=1S/C19H22N4O5/c1-21-9-13(12-8-20-23(3)17(12)18(21)24)11-6-15(27-4)14(16(7-11)28-5)10-22(2)19(25)26/h6-9H,10H2,1-5H3,(H,25,26). The van der Waals surface area contributed by atoms with E-state index >= 15 is 0 Å². The first kappa shape index (κ1) is 19.3. The summed E-state index contributed by atoms with van der Waals surface area (Å²) in [7, 11) is 7.91. The molecule has 0 saturated carbocycles. The van der Waals surface area contributed by atoms with Crippen molar-refractivity contribution < 1.29 is 19.4 Å². The lowest BCUT2D eigenvalue weighted by atomic mass is 10.0. The number of methoxy groups -OCH3 is 2. The number of pyridine rings is 1. The molecular formula is C19H22N4O5. The largest absolute Gasteiger partial charge is 0.496 e. The number of ether oxygens (including phenoxy) is 2. The first-order chi connectivity index (χ1) is 13.3. The highest BCUT2D eigenvalue weighted by molar-refractivity contribution is 5.94. The Balaban J connectivity index is 2.24. The summed E-state index contributed by atoms with van der Waals surface area (Å²) in [6, 6.07) is 3.61. The van der Waals surface area contributed by atoms with Crippen LogP contribution in [0.2, 0.25) is 0 Å². The molecule has 9 nitrogen and oxygen atoms in total. The van der Waals surface area contributed by atoms with Gasteiger partial charge in [-0.2, -0.15) is 5.10 Å². The first-order valence-electron chi connectivity index (χ1n) is 8.49. The highest BCUT2D eigenvalue weighted by Gasteiger charge is 2.20. The zero-order valence-electron chi connectivity index (χ0n) is 16.4. The van der Waals surface area contributed by atoms with Gasteiger partial charge in [-0.05, 0) is 17.7 Å². The summed E-state index contributed by atoms with van der Waals surface area (Å²) >= 11 is 0. The van der Waals surface area contributed by atoms with Gasteiger partial charge in [0.15, 0.2) is 0 Å². The molecule has 0 saturated heterocycles. The van der Waals surface area contributed by atoms with Crippen molar-refractivity contribution in [2.75, 3.05) is 21.3 Å². The van der Waals surface area contributed by atoms with Crippen LogP contribution in [-0.4, -0.2) is 51.7 Å². The third-order valence-corrected chi connectivity index (χ3v) is 4.72. The quantitative estimate of drug-likeness (QED) is 0.721. The third-order valence-electron chi connectivity index (χ3n) is 4.72. The predicted octanol–water partition coefficient (Wildman–Crippen LogP) is 2.07. The van der Waals surface area contributed by atoms with E-state index in [0.29, 0.717) is 28.0 Å². The lowest BCUT2D eigenvalue weighted by molar-refractivity contribution is 0.153. The number of aromatic nitrogens is 3. The van der Waals surface area contributed by atoms with Crippen molar-refractivity contribution in [1.82, 2.24) is 19.2 Å². The molecule has 0 aliphatic heterocycles. The molecule has 0 spiro atoms. The number of carbonyl (C=O) groups is 1. The fourth-order valence-corrected chi connectivity index (χ4v) is 3.21. The van der Waals surface area contributed by atoms with Crippen LogP contribution in [0.5, 0.6) is 11.5 Å². The van der Waals surface area contributed by atoms with Crippen molar-refractivity contribution in [3.8, 4) is 22.6 Å². The minimum Gasteiger partial charge on any atom is -0.496 e. The SMILES string of the molecule is COc1cc(-c2cn(C)c(=O)c3c2cnn3C)cc(OC)c1CN(C)C(=O)O. The summed E-state index contributed by atoms with van der Waals surface area (Å²) in [4.78, 5) is 24.8. The number of hydrogen-bond acceptors (Lipinski definition) is 5. The molecular weight excluding hydrogens is 364 g/mol. The van der Waals surface area contributed by atoms with Crippen LogP contribution in [0.4, 0.5) is 4.79 Å². The van der Waals surface area contributed by atoms with Crippen LogP contribution in [0, 0.1) is 0 Å². The molecule has 0 aliphatic carbocycles. The molecule has 1 amide bonds. The van der Waals surface area contributed by atoms with Crippen molar-refractivity contribution in [2.45, 2.75) is 6.54 Å². The first-order valence-corrected chi connectivity index (χ1v) is 8.49. The number of rotatable bonds is 5. The van der Waals surface area contributed by atoms with Gasteiger partial charge in [0.1, 0.15) is 17.0 Å². The third kappa shape index (κ3) is 3.15. The normalized spacial score (nSPS) is 10.9. The molecule has 0 bridgehead atoms. The lowest BCUT2D eigenvalue weighted by Gasteiger charge is -2.19. The molecule has 0 atom stereocenters. The summed E-state index contributed by atoms with van der Waals surface area (Å²) in [6.45, 7) is 0.109. The van der Waals surface area contributed by atoms with E-state index in [4.69, 9.17) is 9.47 Å². The molecule has 2 heterocycles. The van der Waals surface area contributed by atoms with Crippen LogP contribution in [-0.2, 0) is 20.6 Å². The van der Waals surface area contributed by atoms with E-state index in [1.54, 1.807) is 43.3 Å². The van der Waals surface area contributed by atoms with E-state index in [1.165, 1.54) is 25.8 Å². The number of nitrogens with zero attached hydrogens (tertiary/aromatic N) is 4. The van der Waals surface area contributed by atoms with Gasteiger partial charge >= 0.3 is 6.09 Å². The van der Waals surface area contributed by atoms with Crippen LogP contribution in [0.3, 0.4) is 0 Å². The maximum atomic E-state index is 12.5. The molecule has 0 radical (unpaired) electrons. The Morgan fingerprint density at radius 1 is 1.21 bits per heavy atom. The molecule has 28 heavy (non-hydrogen) atoms. The van der Waals surface area contributed by atoms with Gasteiger partial charge in [0, 0.05) is 38.3 Å². The van der Waals surface area contributed by atoms with Crippen molar-refractivity contribution >= 4 is 17.0 Å². The zero-order valence-corrected chi connectivity index (χ0v) is 16.4. The fourth-order valence-electron chi connectivity index (χ4n) is 3.21. The van der Waals surface area contributed by atoms with Gasteiger partial charge in [-0.3, -0.25) is 9.48 Å². The number of fused-ring (bicyclic) bond motifs is 1. The van der Waals surface area contributed by atoms with Gasteiger partial charge < -0.3 is 24.0 Å². The second-order valence-electron chi connectivity index (χ2n) is 6.49. The molecule has 0 unspecified atom stereocenters. The molecule has 9 heteroatoms. The Hall–Kier alpha value is -3.49. The monoisotopic (exact) mass is 386 g/mol. The summed E-state index contributed by atoms with van der Waals surface area (Å²) in [6.07, 6.45) is 2.34. The van der Waals surface area contributed by atoms with Crippen LogP contribution >= 0.6 is 0 Å². The molecule has 2 aromatic heterocycles. The number of benzene rings is 1. The van der Waals surface area contributed by atoms with Gasteiger partial charge in [-0.15, -0.1) is 0 Å². The number of aryl methyl sites for hydroxylation is 2. The average Bonchev–Trinajstić information content (AvgIpc) is 3.06. The second kappa shape index (κ2) is 7.26. The highest BCUT2D eigenvalue weighted by atomic mass is 16.5. The van der Waals surface area contributed by atoms with E-state index in [1.807, 2.05) is 0 Å². The van der Waals surface area contributed by atoms with E-state index in [9.17, 15) is 14.7 Å². The molecule has 0 aliphatic rings. The van der Waals surface area contributed by atoms with Crippen molar-refractivity contribution in [3.05, 3.63) is 40.4 Å². The van der Waals surface area contributed by atoms with Crippen molar-refractivity contribution in [2.24, 2.45) is 14.1 Å². The maximum absolute atomic E-state index is 12.5. The van der Waals surface area contributed by atoms with Gasteiger partial charge in [-0.1, -0.05) is 0 Å². The summed E-state index contributed by atoms with van der Waals surface area (Å²) in [5.41, 5.74) is 2.53. The van der Waals surface area contributed by atoms with Gasteiger partial charge in [0.25, 0.3) is 5.56 Å². The lowest BCUT2D eigenvalue weighted by Crippen LogP contribution is -2.24. The molecule has 1 N–H and O–H groups in total. The summed E-state index contributed by atoms with van der Waals surface area (Å²) in [5, 5.41) is 14.1. The highest BCUT2D eigenvalue weighted by Crippen LogP contribution is 2.37. The molecule has 3 aromatic rings. The van der Waals surface area contributed by atoms with Crippen LogP contribution in [0.15, 0.2) is 29.3 Å². The number of carboxylic acid groups (broad SMARTS) is 1. The van der Waals surface area contributed by atoms with Gasteiger partial charge in [-0.25, -0.2) is 4.79 Å². The molecule has 1 aromatic carbocycles. The molecule has 148 valence electrons. The number of hydrogen-bond donors (Lipinski definition) is 1. The molecule has 3 rings (SSSR count). The Kier molecular flexibility index (Phi) is 5.00. The van der Waals surface area contributed by atoms with E-state index < -0.39 is 6.09 Å². The second-order valence-corrected chi connectivity index (χ2v) is 6.49. The Bertz CT molecular complexity index is 1090. The van der Waals surface area contributed by atoms with Crippen LogP contribution in [0.25, 0.3) is 22.0 Å².